The zero-order chi connectivity index (χ0) is 15.2. The van der Waals surface area contributed by atoms with Crippen LogP contribution in [0.15, 0.2) is 18.2 Å². The standard InChI is InChI=1S/C17H26N2O2/c1-13(2)21-16-8-6-14(12-15(16)18)7-9-17(20)19-10-4-3-5-11-19/h6,8,12-13H,3-5,7,9-11,18H2,1-2H3. The Balaban J connectivity index is 1.88. The molecule has 116 valence electrons. The van der Waals surface area contributed by atoms with E-state index in [1.165, 1.54) is 6.42 Å². The number of hydrogen-bond acceptors (Lipinski definition) is 3. The number of anilines is 1. The quantitative estimate of drug-likeness (QED) is 0.848. The molecule has 0 saturated carbocycles. The van der Waals surface area contributed by atoms with Gasteiger partial charge in [0.2, 0.25) is 5.91 Å². The summed E-state index contributed by atoms with van der Waals surface area (Å²) in [6.07, 6.45) is 4.93. The van der Waals surface area contributed by atoms with Crippen LogP contribution in [0.4, 0.5) is 5.69 Å². The van der Waals surface area contributed by atoms with Crippen molar-refractivity contribution in [2.24, 2.45) is 0 Å². The maximum absolute atomic E-state index is 12.1. The van der Waals surface area contributed by atoms with Crippen LogP contribution in [0.3, 0.4) is 0 Å². The molecule has 1 aliphatic heterocycles. The lowest BCUT2D eigenvalue weighted by atomic mass is 10.1. The zero-order valence-electron chi connectivity index (χ0n) is 13.1. The summed E-state index contributed by atoms with van der Waals surface area (Å²) in [4.78, 5) is 14.1. The summed E-state index contributed by atoms with van der Waals surface area (Å²) >= 11 is 0. The summed E-state index contributed by atoms with van der Waals surface area (Å²) in [6, 6.07) is 5.81. The molecule has 1 aliphatic rings. The number of rotatable bonds is 5. The first-order chi connectivity index (χ1) is 10.1. The number of nitrogens with two attached hydrogens (primary N) is 1. The molecule has 1 saturated heterocycles. The van der Waals surface area contributed by atoms with Gasteiger partial charge in [0.1, 0.15) is 5.75 Å². The first kappa shape index (κ1) is 15.7. The summed E-state index contributed by atoms with van der Waals surface area (Å²) in [5, 5.41) is 0. The number of nitrogens with zero attached hydrogens (tertiary/aromatic N) is 1. The Morgan fingerprint density at radius 2 is 2.00 bits per heavy atom. The fourth-order valence-corrected chi connectivity index (χ4v) is 2.67. The van der Waals surface area contributed by atoms with Crippen LogP contribution in [-0.2, 0) is 11.2 Å². The van der Waals surface area contributed by atoms with Gasteiger partial charge in [0, 0.05) is 19.5 Å². The molecule has 0 aliphatic carbocycles. The first-order valence-corrected chi connectivity index (χ1v) is 7.89. The number of likely N-dealkylation sites (tertiary alicyclic amines) is 1. The van der Waals surface area contributed by atoms with Crippen molar-refractivity contribution in [1.82, 2.24) is 4.90 Å². The van der Waals surface area contributed by atoms with Crippen molar-refractivity contribution in [2.75, 3.05) is 18.8 Å². The molecule has 4 nitrogen and oxygen atoms in total. The van der Waals surface area contributed by atoms with Crippen molar-refractivity contribution in [3.63, 3.8) is 0 Å². The van der Waals surface area contributed by atoms with E-state index < -0.39 is 0 Å². The Morgan fingerprint density at radius 3 is 2.62 bits per heavy atom. The highest BCUT2D eigenvalue weighted by Crippen LogP contribution is 2.24. The van der Waals surface area contributed by atoms with Crippen LogP contribution in [0.25, 0.3) is 0 Å². The van der Waals surface area contributed by atoms with Crippen LogP contribution in [0.5, 0.6) is 5.75 Å². The van der Waals surface area contributed by atoms with Crippen molar-refractivity contribution < 1.29 is 9.53 Å². The molecule has 0 unspecified atom stereocenters. The Labute approximate surface area is 127 Å². The lowest BCUT2D eigenvalue weighted by molar-refractivity contribution is -0.132. The highest BCUT2D eigenvalue weighted by Gasteiger charge is 2.16. The van der Waals surface area contributed by atoms with Gasteiger partial charge in [-0.3, -0.25) is 4.79 Å². The van der Waals surface area contributed by atoms with Crippen LogP contribution in [0, 0.1) is 0 Å². The maximum Gasteiger partial charge on any atom is 0.222 e. The predicted octanol–water partition coefficient (Wildman–Crippen LogP) is 3.00. The van der Waals surface area contributed by atoms with Gasteiger partial charge < -0.3 is 15.4 Å². The molecule has 0 bridgehead atoms. The number of piperidine rings is 1. The molecule has 0 radical (unpaired) electrons. The minimum absolute atomic E-state index is 0.110. The Morgan fingerprint density at radius 1 is 1.29 bits per heavy atom. The van der Waals surface area contributed by atoms with E-state index in [9.17, 15) is 4.79 Å². The third-order valence-electron chi connectivity index (χ3n) is 3.77. The van der Waals surface area contributed by atoms with Gasteiger partial charge in [0.25, 0.3) is 0 Å². The van der Waals surface area contributed by atoms with E-state index in [4.69, 9.17) is 10.5 Å². The first-order valence-electron chi connectivity index (χ1n) is 7.89. The van der Waals surface area contributed by atoms with Crippen LogP contribution in [-0.4, -0.2) is 30.0 Å². The molecular formula is C17H26N2O2. The summed E-state index contributed by atoms with van der Waals surface area (Å²) in [6.45, 7) is 5.79. The molecule has 1 heterocycles. The van der Waals surface area contributed by atoms with Gasteiger partial charge in [0.15, 0.2) is 0 Å². The fraction of sp³-hybridized carbons (Fsp3) is 0.588. The lowest BCUT2D eigenvalue weighted by Gasteiger charge is -2.26. The molecule has 21 heavy (non-hydrogen) atoms. The molecular weight excluding hydrogens is 264 g/mol. The second-order valence-electron chi connectivity index (χ2n) is 5.98. The lowest BCUT2D eigenvalue weighted by Crippen LogP contribution is -2.35. The number of carbonyl (C=O) groups is 1. The second-order valence-corrected chi connectivity index (χ2v) is 5.98. The van der Waals surface area contributed by atoms with Crippen LogP contribution < -0.4 is 10.5 Å². The number of carbonyl (C=O) groups excluding carboxylic acids is 1. The van der Waals surface area contributed by atoms with Gasteiger partial charge in [-0.2, -0.15) is 0 Å². The number of hydrogen-bond donors (Lipinski definition) is 1. The van der Waals surface area contributed by atoms with Crippen LogP contribution >= 0.6 is 0 Å². The molecule has 4 heteroatoms. The number of nitrogen functional groups attached to an aromatic ring is 1. The van der Waals surface area contributed by atoms with E-state index in [-0.39, 0.29) is 12.0 Å². The molecule has 2 N–H and O–H groups in total. The van der Waals surface area contributed by atoms with E-state index >= 15 is 0 Å². The third-order valence-corrected chi connectivity index (χ3v) is 3.77. The highest BCUT2D eigenvalue weighted by molar-refractivity contribution is 5.76. The molecule has 1 fully saturated rings. The maximum atomic E-state index is 12.1. The van der Waals surface area contributed by atoms with Gasteiger partial charge in [0.05, 0.1) is 11.8 Å². The smallest absolute Gasteiger partial charge is 0.222 e. The van der Waals surface area contributed by atoms with Crippen molar-refractivity contribution in [1.29, 1.82) is 0 Å². The molecule has 1 amide bonds. The van der Waals surface area contributed by atoms with E-state index in [0.717, 1.165) is 43.7 Å². The minimum atomic E-state index is 0.110. The average molecular weight is 290 g/mol. The van der Waals surface area contributed by atoms with E-state index in [1.54, 1.807) is 0 Å². The number of amides is 1. The Kier molecular flexibility index (Phi) is 5.48. The number of ether oxygens (including phenoxy) is 1. The monoisotopic (exact) mass is 290 g/mol. The predicted molar refractivity (Wildman–Crippen MR) is 85.4 cm³/mol. The van der Waals surface area contributed by atoms with Crippen molar-refractivity contribution in [2.45, 2.75) is 52.1 Å². The molecule has 1 aromatic carbocycles. The molecule has 0 aromatic heterocycles. The van der Waals surface area contributed by atoms with Crippen LogP contribution in [0.1, 0.15) is 45.1 Å². The molecule has 0 spiro atoms. The van der Waals surface area contributed by atoms with Gasteiger partial charge in [-0.25, -0.2) is 0 Å². The Bertz CT molecular complexity index is 480. The van der Waals surface area contributed by atoms with Crippen LogP contribution in [0.2, 0.25) is 0 Å². The summed E-state index contributed by atoms with van der Waals surface area (Å²) in [5.74, 6) is 0.979. The average Bonchev–Trinajstić information content (AvgIpc) is 2.48. The Hall–Kier alpha value is -1.71. The largest absolute Gasteiger partial charge is 0.489 e. The molecule has 0 atom stereocenters. The van der Waals surface area contributed by atoms with Gasteiger partial charge >= 0.3 is 0 Å². The SMILES string of the molecule is CC(C)Oc1ccc(CCC(=O)N2CCCCC2)cc1N. The highest BCUT2D eigenvalue weighted by atomic mass is 16.5. The summed E-state index contributed by atoms with van der Waals surface area (Å²) in [5.41, 5.74) is 7.74. The molecule has 1 aromatic rings. The molecule has 2 rings (SSSR count). The van der Waals surface area contributed by atoms with E-state index in [1.807, 2.05) is 36.9 Å². The van der Waals surface area contributed by atoms with Gasteiger partial charge in [-0.15, -0.1) is 0 Å². The topological polar surface area (TPSA) is 55.6 Å². The van der Waals surface area contributed by atoms with Gasteiger partial charge in [-0.1, -0.05) is 6.07 Å². The minimum Gasteiger partial charge on any atom is -0.489 e. The van der Waals surface area contributed by atoms with Crippen molar-refractivity contribution in [3.8, 4) is 5.75 Å². The van der Waals surface area contributed by atoms with Crippen molar-refractivity contribution >= 4 is 11.6 Å². The second kappa shape index (κ2) is 7.34. The van der Waals surface area contributed by atoms with Crippen molar-refractivity contribution in [3.05, 3.63) is 23.8 Å². The third kappa shape index (κ3) is 4.66. The summed E-state index contributed by atoms with van der Waals surface area (Å²) < 4.78 is 5.62. The number of benzene rings is 1. The zero-order valence-corrected chi connectivity index (χ0v) is 13.1. The van der Waals surface area contributed by atoms with Gasteiger partial charge in [-0.05, 0) is 57.2 Å². The summed E-state index contributed by atoms with van der Waals surface area (Å²) in [7, 11) is 0. The van der Waals surface area contributed by atoms with E-state index in [2.05, 4.69) is 0 Å². The normalized spacial score (nSPS) is 15.3. The number of aryl methyl sites for hydroxylation is 1. The fourth-order valence-electron chi connectivity index (χ4n) is 2.67. The van der Waals surface area contributed by atoms with E-state index in [0.29, 0.717) is 12.1 Å².